The Morgan fingerprint density at radius 1 is 0.944 bits per heavy atom. The summed E-state index contributed by atoms with van der Waals surface area (Å²) in [7, 11) is -3.60. The Morgan fingerprint density at radius 2 is 1.69 bits per heavy atom. The molecule has 2 N–H and O–H groups in total. The lowest BCUT2D eigenvalue weighted by atomic mass is 10.1. The number of nitrogens with one attached hydrogen (secondary N) is 2. The van der Waals surface area contributed by atoms with Crippen molar-refractivity contribution in [1.82, 2.24) is 19.3 Å². The van der Waals surface area contributed by atoms with Gasteiger partial charge in [-0.3, -0.25) is 0 Å². The highest BCUT2D eigenvalue weighted by atomic mass is 79.9. The SMILES string of the molecule is O=S(=O)(NCCCCNc1cc(-c2ccccc2Cl)nc2c(Br)cnn12)c1cccc2ccccc12. The number of halogens is 2. The first-order chi connectivity index (χ1) is 17.4. The van der Waals surface area contributed by atoms with E-state index in [1.54, 1.807) is 22.8 Å². The summed E-state index contributed by atoms with van der Waals surface area (Å²) in [4.78, 5) is 5.01. The minimum Gasteiger partial charge on any atom is -0.370 e. The number of unbranched alkanes of at least 4 members (excludes halogenated alkanes) is 1. The Kier molecular flexibility index (Phi) is 7.25. The van der Waals surface area contributed by atoms with Gasteiger partial charge >= 0.3 is 0 Å². The van der Waals surface area contributed by atoms with Gasteiger partial charge in [0.25, 0.3) is 0 Å². The second-order valence-electron chi connectivity index (χ2n) is 8.24. The quantitative estimate of drug-likeness (QED) is 0.203. The van der Waals surface area contributed by atoms with E-state index < -0.39 is 10.0 Å². The van der Waals surface area contributed by atoms with E-state index in [2.05, 4.69) is 31.1 Å². The second-order valence-corrected chi connectivity index (χ2v) is 11.2. The first kappa shape index (κ1) is 24.7. The van der Waals surface area contributed by atoms with Crippen LogP contribution in [0.25, 0.3) is 27.7 Å². The maximum absolute atomic E-state index is 12.9. The molecule has 5 rings (SSSR count). The fraction of sp³-hybridized carbons (Fsp3) is 0.154. The summed E-state index contributed by atoms with van der Waals surface area (Å²) in [5.41, 5.74) is 2.25. The molecule has 2 heterocycles. The molecule has 0 unspecified atom stereocenters. The molecule has 10 heteroatoms. The summed E-state index contributed by atoms with van der Waals surface area (Å²) in [6.07, 6.45) is 3.13. The second kappa shape index (κ2) is 10.6. The molecule has 0 saturated heterocycles. The van der Waals surface area contributed by atoms with Crippen LogP contribution in [-0.4, -0.2) is 36.1 Å². The van der Waals surface area contributed by atoms with Crippen LogP contribution in [0.2, 0.25) is 5.02 Å². The molecule has 0 aliphatic carbocycles. The predicted octanol–water partition coefficient (Wildman–Crippen LogP) is 6.14. The van der Waals surface area contributed by atoms with Gasteiger partial charge in [-0.2, -0.15) is 9.61 Å². The van der Waals surface area contributed by atoms with Crippen LogP contribution in [0.5, 0.6) is 0 Å². The highest BCUT2D eigenvalue weighted by molar-refractivity contribution is 9.10. The zero-order chi connectivity index (χ0) is 25.1. The minimum atomic E-state index is -3.60. The maximum atomic E-state index is 12.9. The van der Waals surface area contributed by atoms with Crippen molar-refractivity contribution < 1.29 is 8.42 Å². The van der Waals surface area contributed by atoms with Gasteiger partial charge in [0.05, 0.1) is 21.3 Å². The van der Waals surface area contributed by atoms with Crippen LogP contribution in [-0.2, 0) is 10.0 Å². The van der Waals surface area contributed by atoms with Gasteiger partial charge in [0.15, 0.2) is 5.65 Å². The van der Waals surface area contributed by atoms with Gasteiger partial charge in [-0.1, -0.05) is 66.2 Å². The van der Waals surface area contributed by atoms with E-state index in [9.17, 15) is 8.42 Å². The highest BCUT2D eigenvalue weighted by Crippen LogP contribution is 2.30. The lowest BCUT2D eigenvalue weighted by molar-refractivity contribution is 0.578. The molecule has 0 radical (unpaired) electrons. The highest BCUT2D eigenvalue weighted by Gasteiger charge is 2.16. The normalized spacial score (nSPS) is 11.8. The van der Waals surface area contributed by atoms with Gasteiger partial charge in [0.2, 0.25) is 10.0 Å². The number of rotatable bonds is 9. The number of nitrogens with zero attached hydrogens (tertiary/aromatic N) is 3. The zero-order valence-corrected chi connectivity index (χ0v) is 22.3. The first-order valence-electron chi connectivity index (χ1n) is 11.4. The van der Waals surface area contributed by atoms with Gasteiger partial charge in [0, 0.05) is 35.1 Å². The number of aromatic nitrogens is 3. The molecule has 0 spiro atoms. The molecule has 0 fully saturated rings. The average molecular weight is 585 g/mol. The van der Waals surface area contributed by atoms with Crippen molar-refractivity contribution in [2.75, 3.05) is 18.4 Å². The number of fused-ring (bicyclic) bond motifs is 2. The van der Waals surface area contributed by atoms with Crippen LogP contribution in [0, 0.1) is 0 Å². The summed E-state index contributed by atoms with van der Waals surface area (Å²) < 4.78 is 31.0. The van der Waals surface area contributed by atoms with Crippen LogP contribution in [0.3, 0.4) is 0 Å². The van der Waals surface area contributed by atoms with Crippen molar-refractivity contribution in [3.63, 3.8) is 0 Å². The van der Waals surface area contributed by atoms with Crippen LogP contribution in [0.4, 0.5) is 5.82 Å². The van der Waals surface area contributed by atoms with Crippen LogP contribution in [0.1, 0.15) is 12.8 Å². The average Bonchev–Trinajstić information content (AvgIpc) is 3.26. The lowest BCUT2D eigenvalue weighted by Crippen LogP contribution is -2.25. The maximum Gasteiger partial charge on any atom is 0.241 e. The summed E-state index contributed by atoms with van der Waals surface area (Å²) in [6, 6.07) is 22.3. The van der Waals surface area contributed by atoms with E-state index in [-0.39, 0.29) is 0 Å². The summed E-state index contributed by atoms with van der Waals surface area (Å²) in [5, 5.41) is 10.0. The molecular weight excluding hydrogens is 562 g/mol. The summed E-state index contributed by atoms with van der Waals surface area (Å²) >= 11 is 9.91. The van der Waals surface area contributed by atoms with Gasteiger partial charge in [-0.15, -0.1) is 0 Å². The van der Waals surface area contributed by atoms with Crippen LogP contribution < -0.4 is 10.0 Å². The van der Waals surface area contributed by atoms with E-state index in [4.69, 9.17) is 16.6 Å². The topological polar surface area (TPSA) is 88.4 Å². The smallest absolute Gasteiger partial charge is 0.241 e. The molecule has 0 saturated carbocycles. The molecule has 36 heavy (non-hydrogen) atoms. The number of hydrogen-bond acceptors (Lipinski definition) is 5. The third-order valence-corrected chi connectivity index (χ3v) is 8.23. The molecule has 5 aromatic rings. The summed E-state index contributed by atoms with van der Waals surface area (Å²) in [6.45, 7) is 0.978. The van der Waals surface area contributed by atoms with Gasteiger partial charge in [-0.25, -0.2) is 18.1 Å². The van der Waals surface area contributed by atoms with E-state index >= 15 is 0 Å². The van der Waals surface area contributed by atoms with Crippen LogP contribution in [0.15, 0.2) is 88.4 Å². The number of benzene rings is 3. The minimum absolute atomic E-state index is 0.300. The third-order valence-electron chi connectivity index (χ3n) is 5.82. The van der Waals surface area contributed by atoms with Crippen molar-refractivity contribution in [2.24, 2.45) is 0 Å². The van der Waals surface area contributed by atoms with Gasteiger partial charge in [-0.05, 0) is 46.3 Å². The molecule has 0 atom stereocenters. The standard InChI is InChI=1S/C26H23BrClN5O2S/c27-21-17-30-33-25(16-23(32-26(21)33)20-11-3-4-12-22(20)28)29-14-5-6-15-31-36(34,35)24-13-7-9-18-8-1-2-10-19(18)24/h1-4,7-13,16-17,29,31H,5-6,14-15H2. The van der Waals surface area contributed by atoms with Gasteiger partial charge < -0.3 is 5.32 Å². The number of sulfonamides is 1. The molecule has 0 aliphatic rings. The number of hydrogen-bond donors (Lipinski definition) is 2. The number of anilines is 1. The molecule has 0 aliphatic heterocycles. The molecular formula is C26H23BrClN5O2S. The predicted molar refractivity (Wildman–Crippen MR) is 148 cm³/mol. The van der Waals surface area contributed by atoms with Crippen LogP contribution >= 0.6 is 27.5 Å². The van der Waals surface area contributed by atoms with E-state index in [0.717, 1.165) is 38.7 Å². The molecule has 7 nitrogen and oxygen atoms in total. The van der Waals surface area contributed by atoms with Crippen molar-refractivity contribution in [2.45, 2.75) is 17.7 Å². The summed E-state index contributed by atoms with van der Waals surface area (Å²) in [5.74, 6) is 0.775. The Balaban J connectivity index is 1.23. The zero-order valence-electron chi connectivity index (χ0n) is 19.2. The largest absolute Gasteiger partial charge is 0.370 e. The van der Waals surface area contributed by atoms with E-state index in [0.29, 0.717) is 35.1 Å². The van der Waals surface area contributed by atoms with Crippen molar-refractivity contribution in [3.05, 3.63) is 88.5 Å². The molecule has 2 aromatic heterocycles. The molecule has 0 bridgehead atoms. The lowest BCUT2D eigenvalue weighted by Gasteiger charge is -2.12. The Hall–Kier alpha value is -2.98. The van der Waals surface area contributed by atoms with Crippen molar-refractivity contribution >= 4 is 59.8 Å². The van der Waals surface area contributed by atoms with Crippen molar-refractivity contribution in [3.8, 4) is 11.3 Å². The Labute approximate surface area is 222 Å². The Bertz CT molecular complexity index is 1650. The third kappa shape index (κ3) is 5.10. The monoisotopic (exact) mass is 583 g/mol. The molecule has 3 aromatic carbocycles. The first-order valence-corrected chi connectivity index (χ1v) is 14.1. The fourth-order valence-corrected chi connectivity index (χ4v) is 5.93. The van der Waals surface area contributed by atoms with Crippen molar-refractivity contribution in [1.29, 1.82) is 0 Å². The molecule has 0 amide bonds. The van der Waals surface area contributed by atoms with Gasteiger partial charge in [0.1, 0.15) is 5.82 Å². The molecule has 184 valence electrons. The fourth-order valence-electron chi connectivity index (χ4n) is 4.05. The van der Waals surface area contributed by atoms with E-state index in [1.165, 1.54) is 0 Å². The van der Waals surface area contributed by atoms with E-state index in [1.807, 2.05) is 60.7 Å². The Morgan fingerprint density at radius 3 is 2.56 bits per heavy atom.